The Morgan fingerprint density at radius 2 is 1.50 bits per heavy atom. The molecular weight excluding hydrogens is 727 g/mol. The normalized spacial score (nSPS) is 19.4. The van der Waals surface area contributed by atoms with Gasteiger partial charge in [0.2, 0.25) is 5.88 Å². The van der Waals surface area contributed by atoms with Crippen molar-refractivity contribution in [2.75, 3.05) is 41.8 Å². The average molecular weight is 779 g/mol. The fourth-order valence-electron chi connectivity index (χ4n) is 7.20. The predicted octanol–water partition coefficient (Wildman–Crippen LogP) is 8.56. The van der Waals surface area contributed by atoms with Gasteiger partial charge in [0.1, 0.15) is 41.0 Å². The molecule has 4 amide bonds. The van der Waals surface area contributed by atoms with Crippen LogP contribution in [0.25, 0.3) is 21.9 Å². The molecule has 1 saturated heterocycles. The molecule has 1 aliphatic carbocycles. The molecule has 3 aliphatic rings. The Morgan fingerprint density at radius 1 is 0.839 bits per heavy atom. The van der Waals surface area contributed by atoms with Crippen molar-refractivity contribution in [2.24, 2.45) is 5.41 Å². The Labute approximate surface area is 325 Å². The average Bonchev–Trinajstić information content (AvgIpc) is 3.49. The second-order valence-corrected chi connectivity index (χ2v) is 17.7. The molecule has 1 aromatic carbocycles. The quantitative estimate of drug-likeness (QED) is 0.243. The molecule has 0 bridgehead atoms. The molecule has 1 saturated carbocycles. The first-order valence-corrected chi connectivity index (χ1v) is 18.7. The third-order valence-electron chi connectivity index (χ3n) is 9.50. The lowest BCUT2D eigenvalue weighted by Crippen LogP contribution is -2.46. The first-order chi connectivity index (χ1) is 26.0. The third-order valence-corrected chi connectivity index (χ3v) is 9.50. The lowest BCUT2D eigenvalue weighted by molar-refractivity contribution is -0.0342. The smallest absolute Gasteiger partial charge is 0.415 e. The number of nitrogens with zero attached hydrogens (tertiary/aromatic N) is 4. The van der Waals surface area contributed by atoms with Crippen molar-refractivity contribution in [3.8, 4) is 17.0 Å². The Balaban J connectivity index is 1.26. The molecule has 2 aliphatic heterocycles. The Bertz CT molecular complexity index is 2060. The summed E-state index contributed by atoms with van der Waals surface area (Å²) in [5.41, 5.74) is -1.39. The lowest BCUT2D eigenvalue weighted by atomic mass is 9.66. The van der Waals surface area contributed by atoms with Crippen molar-refractivity contribution in [3.05, 3.63) is 35.9 Å². The van der Waals surface area contributed by atoms with Crippen molar-refractivity contribution < 1.29 is 47.3 Å². The molecule has 6 rings (SSSR count). The van der Waals surface area contributed by atoms with Gasteiger partial charge in [-0.05, 0) is 117 Å². The van der Waals surface area contributed by atoms with E-state index >= 15 is 4.39 Å². The van der Waals surface area contributed by atoms with E-state index < -0.39 is 40.9 Å². The number of nitrogens with one attached hydrogen (secondary N) is 2. The van der Waals surface area contributed by atoms with Crippen molar-refractivity contribution in [1.82, 2.24) is 14.9 Å². The first kappa shape index (κ1) is 40.3. The lowest BCUT2D eigenvalue weighted by Gasteiger charge is -2.44. The summed E-state index contributed by atoms with van der Waals surface area (Å²) in [6.45, 7) is 19.0. The van der Waals surface area contributed by atoms with Gasteiger partial charge in [0.05, 0.1) is 12.2 Å². The summed E-state index contributed by atoms with van der Waals surface area (Å²) in [5, 5.41) is 5.86. The van der Waals surface area contributed by atoms with Gasteiger partial charge in [-0.1, -0.05) is 0 Å². The monoisotopic (exact) mass is 778 g/mol. The molecule has 302 valence electrons. The summed E-state index contributed by atoms with van der Waals surface area (Å²) in [4.78, 5) is 63.8. The van der Waals surface area contributed by atoms with Crippen LogP contribution in [0.5, 0.6) is 5.88 Å². The highest BCUT2D eigenvalue weighted by Gasteiger charge is 2.51. The number of hydrogen-bond donors (Lipinski definition) is 2. The minimum absolute atomic E-state index is 0.0440. The van der Waals surface area contributed by atoms with Crippen LogP contribution in [0.1, 0.15) is 87.1 Å². The number of ether oxygens (including phenoxy) is 5. The van der Waals surface area contributed by atoms with Crippen molar-refractivity contribution in [2.45, 2.75) is 111 Å². The number of benzene rings is 1. The zero-order valence-corrected chi connectivity index (χ0v) is 33.7. The highest BCUT2D eigenvalue weighted by molar-refractivity contribution is 6.05. The van der Waals surface area contributed by atoms with Gasteiger partial charge in [0.15, 0.2) is 5.82 Å². The van der Waals surface area contributed by atoms with E-state index in [0.717, 1.165) is 6.42 Å². The van der Waals surface area contributed by atoms with Crippen LogP contribution in [0, 0.1) is 18.2 Å². The third kappa shape index (κ3) is 9.00. The largest absolute Gasteiger partial charge is 0.474 e. The van der Waals surface area contributed by atoms with Gasteiger partial charge in [0.25, 0.3) is 0 Å². The second kappa shape index (κ2) is 14.6. The van der Waals surface area contributed by atoms with E-state index in [0.29, 0.717) is 48.1 Å². The summed E-state index contributed by atoms with van der Waals surface area (Å²) in [6.07, 6.45) is 1.89. The number of carbonyl (C=O) groups is 4. The van der Waals surface area contributed by atoms with Gasteiger partial charge in [-0.2, -0.15) is 0 Å². The van der Waals surface area contributed by atoms with E-state index in [4.69, 9.17) is 23.7 Å². The molecule has 2 aromatic heterocycles. The number of likely N-dealkylation sites (tertiary alicyclic amines) is 1. The highest BCUT2D eigenvalue weighted by Crippen LogP contribution is 2.50. The van der Waals surface area contributed by atoms with E-state index in [1.807, 2.05) is 20.8 Å². The van der Waals surface area contributed by atoms with E-state index in [1.165, 1.54) is 23.4 Å². The van der Waals surface area contributed by atoms with Crippen LogP contribution in [0.15, 0.2) is 24.5 Å². The maximum Gasteiger partial charge on any atom is 0.415 e. The number of halogens is 1. The molecule has 4 heterocycles. The number of fused-ring (bicyclic) bond motifs is 2. The molecule has 1 spiro atoms. The molecule has 0 radical (unpaired) electrons. The van der Waals surface area contributed by atoms with Crippen LogP contribution in [0.2, 0.25) is 0 Å². The van der Waals surface area contributed by atoms with Gasteiger partial charge in [-0.25, -0.2) is 33.5 Å². The van der Waals surface area contributed by atoms with Crippen LogP contribution < -0.4 is 20.3 Å². The van der Waals surface area contributed by atoms with E-state index in [9.17, 15) is 19.2 Å². The molecule has 16 heteroatoms. The van der Waals surface area contributed by atoms with E-state index in [-0.39, 0.29) is 59.1 Å². The summed E-state index contributed by atoms with van der Waals surface area (Å²) in [7, 11) is 0. The number of carbonyl (C=O) groups excluding carboxylic acids is 4. The maximum atomic E-state index is 16.8. The zero-order chi connectivity index (χ0) is 41.0. The maximum absolute atomic E-state index is 16.8. The molecule has 56 heavy (non-hydrogen) atoms. The van der Waals surface area contributed by atoms with Gasteiger partial charge in [0, 0.05) is 42.0 Å². The van der Waals surface area contributed by atoms with E-state index in [2.05, 4.69) is 20.6 Å². The molecule has 15 nitrogen and oxygen atoms in total. The Hall–Kier alpha value is -5.41. The molecule has 2 N–H and O–H groups in total. The number of hydrogen-bond acceptors (Lipinski definition) is 11. The minimum Gasteiger partial charge on any atom is -0.474 e. The predicted molar refractivity (Wildman–Crippen MR) is 207 cm³/mol. The van der Waals surface area contributed by atoms with Gasteiger partial charge in [-0.15, -0.1) is 0 Å². The van der Waals surface area contributed by atoms with Crippen molar-refractivity contribution >= 4 is 52.3 Å². The number of rotatable bonds is 4. The van der Waals surface area contributed by atoms with E-state index in [1.54, 1.807) is 59.4 Å². The topological polar surface area (TPSA) is 171 Å². The van der Waals surface area contributed by atoms with Crippen LogP contribution >= 0.6 is 0 Å². The van der Waals surface area contributed by atoms with Crippen LogP contribution in [-0.4, -0.2) is 88.4 Å². The van der Waals surface area contributed by atoms with Crippen molar-refractivity contribution in [1.29, 1.82) is 0 Å². The molecule has 0 unspecified atom stereocenters. The highest BCUT2D eigenvalue weighted by atomic mass is 19.1. The fraction of sp³-hybridized carbons (Fsp3) is 0.550. The zero-order valence-electron chi connectivity index (χ0n) is 33.7. The standard InChI is InChI=1S/C40H51FN6O9/c1-22-26(19-43-32-31(22)47(13-14-52-32)36(51)56-39(8,9)10)25-15-23-16-28(42-20-27(23)30(29(25)41)45-34(49)54-37(2,3)4)44-33(48)53-24-17-40(18-24)11-12-46(21-40)35(50)55-38(5,6)7/h15-16,19-20,24H,11-14,17-18,21H2,1-10H3,(H,45,49)(H,42,44,48). The SMILES string of the molecule is Cc1c(-c2cc3cc(NC(=O)OC4CC5(CCN(C(=O)OC(C)(C)C)C5)C4)ncc3c(NC(=O)OC(C)(C)C)c2F)cnc2c1N(C(=O)OC(C)(C)C)CCO2. The Morgan fingerprint density at radius 3 is 2.16 bits per heavy atom. The summed E-state index contributed by atoms with van der Waals surface area (Å²) >= 11 is 0. The van der Waals surface area contributed by atoms with Crippen molar-refractivity contribution in [3.63, 3.8) is 0 Å². The number of amides is 4. The summed E-state index contributed by atoms with van der Waals surface area (Å²) < 4.78 is 44.8. The summed E-state index contributed by atoms with van der Waals surface area (Å²) in [5.74, 6) is -0.484. The Kier molecular flexibility index (Phi) is 10.5. The molecule has 3 aromatic rings. The van der Waals surface area contributed by atoms with Crippen LogP contribution in [-0.2, 0) is 18.9 Å². The molecule has 2 fully saturated rings. The first-order valence-electron chi connectivity index (χ1n) is 18.7. The number of anilines is 3. The number of aromatic nitrogens is 2. The summed E-state index contributed by atoms with van der Waals surface area (Å²) in [6, 6.07) is 3.09. The van der Waals surface area contributed by atoms with Gasteiger partial charge in [-0.3, -0.25) is 15.5 Å². The molecular formula is C40H51FN6O9. The van der Waals surface area contributed by atoms with Crippen LogP contribution in [0.3, 0.4) is 0 Å². The van der Waals surface area contributed by atoms with Gasteiger partial charge < -0.3 is 28.6 Å². The fourth-order valence-corrected chi connectivity index (χ4v) is 7.20. The second-order valence-electron chi connectivity index (χ2n) is 17.7. The molecule has 0 atom stereocenters. The number of pyridine rings is 2. The van der Waals surface area contributed by atoms with Gasteiger partial charge >= 0.3 is 24.4 Å². The minimum atomic E-state index is -0.889. The van der Waals surface area contributed by atoms with Crippen LogP contribution in [0.4, 0.5) is 40.8 Å².